The number of benzene rings is 2. The summed E-state index contributed by atoms with van der Waals surface area (Å²) in [4.78, 5) is 33.3. The lowest BCUT2D eigenvalue weighted by Gasteiger charge is -2.11. The number of nitro groups is 1. The predicted molar refractivity (Wildman–Crippen MR) is 96.6 cm³/mol. The molecule has 0 aliphatic carbocycles. The van der Waals surface area contributed by atoms with Crippen LogP contribution in [0.15, 0.2) is 42.5 Å². The minimum atomic E-state index is -0.607. The third-order valence-electron chi connectivity index (χ3n) is 3.25. The van der Waals surface area contributed by atoms with Gasteiger partial charge in [0, 0.05) is 17.2 Å². The van der Waals surface area contributed by atoms with Crippen molar-refractivity contribution < 1.29 is 24.0 Å². The Morgan fingerprint density at radius 3 is 2.19 bits per heavy atom. The van der Waals surface area contributed by atoms with Crippen molar-refractivity contribution in [3.8, 4) is 11.5 Å². The number of nitrogens with one attached hydrogen (secondary N) is 2. The normalized spacial score (nSPS) is 10.0. The zero-order chi connectivity index (χ0) is 19.8. The van der Waals surface area contributed by atoms with Crippen molar-refractivity contribution in [2.24, 2.45) is 0 Å². The van der Waals surface area contributed by atoms with Crippen molar-refractivity contribution in [2.75, 3.05) is 13.2 Å². The van der Waals surface area contributed by atoms with Gasteiger partial charge >= 0.3 is 0 Å². The summed E-state index contributed by atoms with van der Waals surface area (Å²) in [6.45, 7) is 1.11. The Bertz CT molecular complexity index is 841. The molecule has 0 spiro atoms. The van der Waals surface area contributed by atoms with Crippen molar-refractivity contribution in [1.29, 1.82) is 0 Å². The van der Waals surface area contributed by atoms with Crippen LogP contribution in [-0.4, -0.2) is 30.0 Å². The molecule has 0 aliphatic heterocycles. The molecule has 9 nitrogen and oxygen atoms in total. The molecule has 0 atom stereocenters. The lowest BCUT2D eigenvalue weighted by atomic mass is 10.2. The van der Waals surface area contributed by atoms with Crippen molar-refractivity contribution in [3.05, 3.63) is 63.2 Å². The third kappa shape index (κ3) is 6.48. The number of nitrogens with zero attached hydrogens (tertiary/aromatic N) is 1. The summed E-state index contributed by atoms with van der Waals surface area (Å²) in [6, 6.07) is 10.2. The highest BCUT2D eigenvalue weighted by Gasteiger charge is 2.09. The molecule has 2 amide bonds. The van der Waals surface area contributed by atoms with Gasteiger partial charge in [-0.15, -0.1) is 0 Å². The van der Waals surface area contributed by atoms with Gasteiger partial charge < -0.3 is 9.47 Å². The summed E-state index contributed by atoms with van der Waals surface area (Å²) < 4.78 is 10.5. The Hall–Kier alpha value is -3.33. The Balaban J connectivity index is 1.70. The summed E-state index contributed by atoms with van der Waals surface area (Å²) in [5.41, 5.74) is 5.04. The second kappa shape index (κ2) is 9.39. The van der Waals surface area contributed by atoms with Gasteiger partial charge in [-0.1, -0.05) is 11.6 Å². The monoisotopic (exact) mass is 393 g/mol. The van der Waals surface area contributed by atoms with Crippen LogP contribution in [0.25, 0.3) is 0 Å². The molecule has 0 unspecified atom stereocenters. The molecule has 0 saturated heterocycles. The number of non-ortho nitro benzene ring substituents is 1. The van der Waals surface area contributed by atoms with Crippen molar-refractivity contribution >= 4 is 29.1 Å². The minimum absolute atomic E-state index is 0.0880. The molecule has 0 bridgehead atoms. The van der Waals surface area contributed by atoms with Crippen LogP contribution in [0.1, 0.15) is 5.56 Å². The number of amides is 2. The first-order chi connectivity index (χ1) is 12.8. The summed E-state index contributed by atoms with van der Waals surface area (Å²) in [5.74, 6) is -0.386. The molecule has 0 fully saturated rings. The number of carbonyl (C=O) groups excluding carboxylic acids is 2. The number of hydrogen-bond donors (Lipinski definition) is 2. The van der Waals surface area contributed by atoms with Crippen molar-refractivity contribution in [1.82, 2.24) is 10.9 Å². The van der Waals surface area contributed by atoms with Gasteiger partial charge in [0.25, 0.3) is 17.5 Å². The van der Waals surface area contributed by atoms with E-state index in [1.165, 1.54) is 24.3 Å². The van der Waals surface area contributed by atoms with E-state index >= 15 is 0 Å². The molecule has 2 N–H and O–H groups in total. The van der Waals surface area contributed by atoms with E-state index in [1.54, 1.807) is 25.1 Å². The van der Waals surface area contributed by atoms with Crippen LogP contribution in [0.3, 0.4) is 0 Å². The highest BCUT2D eigenvalue weighted by atomic mass is 35.5. The molecule has 0 aliphatic rings. The van der Waals surface area contributed by atoms with Crippen LogP contribution < -0.4 is 20.3 Å². The summed E-state index contributed by atoms with van der Waals surface area (Å²) >= 11 is 5.84. The van der Waals surface area contributed by atoms with Crippen LogP contribution in [-0.2, 0) is 9.59 Å². The number of aryl methyl sites for hydroxylation is 1. The Morgan fingerprint density at radius 1 is 1.04 bits per heavy atom. The fraction of sp³-hybridized carbons (Fsp3) is 0.176. The van der Waals surface area contributed by atoms with E-state index in [0.717, 1.165) is 5.56 Å². The molecule has 142 valence electrons. The van der Waals surface area contributed by atoms with Crippen LogP contribution in [0.5, 0.6) is 11.5 Å². The molecule has 0 radical (unpaired) electrons. The third-order valence-corrected chi connectivity index (χ3v) is 3.49. The van der Waals surface area contributed by atoms with E-state index in [2.05, 4.69) is 10.9 Å². The average Bonchev–Trinajstić information content (AvgIpc) is 2.64. The topological polar surface area (TPSA) is 120 Å². The zero-order valence-corrected chi connectivity index (χ0v) is 15.0. The van der Waals surface area contributed by atoms with Gasteiger partial charge in [-0.2, -0.15) is 0 Å². The van der Waals surface area contributed by atoms with E-state index in [-0.39, 0.29) is 24.7 Å². The van der Waals surface area contributed by atoms with Gasteiger partial charge in [-0.25, -0.2) is 0 Å². The van der Waals surface area contributed by atoms with E-state index in [0.29, 0.717) is 10.8 Å². The largest absolute Gasteiger partial charge is 0.484 e. The lowest BCUT2D eigenvalue weighted by molar-refractivity contribution is -0.384. The van der Waals surface area contributed by atoms with Gasteiger partial charge in [0.15, 0.2) is 13.2 Å². The molecule has 0 heterocycles. The maximum atomic E-state index is 11.7. The first-order valence-electron chi connectivity index (χ1n) is 7.69. The van der Waals surface area contributed by atoms with Crippen LogP contribution in [0.2, 0.25) is 5.02 Å². The molecule has 27 heavy (non-hydrogen) atoms. The second-order valence-electron chi connectivity index (χ2n) is 5.33. The number of rotatable bonds is 7. The number of hydrogen-bond acceptors (Lipinski definition) is 6. The maximum absolute atomic E-state index is 11.7. The summed E-state index contributed by atoms with van der Waals surface area (Å²) in [7, 11) is 0. The number of nitro benzene ring substituents is 1. The first kappa shape index (κ1) is 20.0. The fourth-order valence-electron chi connectivity index (χ4n) is 1.94. The van der Waals surface area contributed by atoms with E-state index in [4.69, 9.17) is 21.1 Å². The zero-order valence-electron chi connectivity index (χ0n) is 14.2. The summed E-state index contributed by atoms with van der Waals surface area (Å²) in [6.07, 6.45) is 0. The van der Waals surface area contributed by atoms with Crippen LogP contribution >= 0.6 is 11.6 Å². The van der Waals surface area contributed by atoms with Gasteiger partial charge in [-0.05, 0) is 42.8 Å². The smallest absolute Gasteiger partial charge is 0.276 e. The van der Waals surface area contributed by atoms with Crippen LogP contribution in [0.4, 0.5) is 5.69 Å². The van der Waals surface area contributed by atoms with Crippen LogP contribution in [0, 0.1) is 17.0 Å². The highest BCUT2D eigenvalue weighted by molar-refractivity contribution is 6.30. The van der Waals surface area contributed by atoms with Crippen molar-refractivity contribution in [3.63, 3.8) is 0 Å². The average molecular weight is 394 g/mol. The number of carbonyl (C=O) groups is 2. The first-order valence-corrected chi connectivity index (χ1v) is 8.07. The fourth-order valence-corrected chi connectivity index (χ4v) is 2.17. The molecule has 0 saturated carbocycles. The minimum Gasteiger partial charge on any atom is -0.484 e. The van der Waals surface area contributed by atoms with Gasteiger partial charge in [0.1, 0.15) is 11.5 Å². The lowest BCUT2D eigenvalue weighted by Crippen LogP contribution is -2.45. The molecular formula is C17H16ClN3O6. The molecule has 0 aromatic heterocycles. The van der Waals surface area contributed by atoms with Gasteiger partial charge in [0.05, 0.1) is 4.92 Å². The van der Waals surface area contributed by atoms with E-state index in [1.807, 2.05) is 0 Å². The SMILES string of the molecule is Cc1cc(Cl)ccc1OCC(=O)NNC(=O)COc1ccc([N+](=O)[O-])cc1. The number of halogens is 1. The highest BCUT2D eigenvalue weighted by Crippen LogP contribution is 2.21. The molecule has 10 heteroatoms. The second-order valence-corrected chi connectivity index (χ2v) is 5.77. The quantitative estimate of drug-likeness (QED) is 0.549. The van der Waals surface area contributed by atoms with Crippen molar-refractivity contribution in [2.45, 2.75) is 6.92 Å². The molecule has 2 aromatic carbocycles. The Labute approximate surface area is 159 Å². The van der Waals surface area contributed by atoms with Gasteiger partial charge in [-0.3, -0.25) is 30.6 Å². The maximum Gasteiger partial charge on any atom is 0.276 e. The van der Waals surface area contributed by atoms with E-state index < -0.39 is 16.7 Å². The number of hydrazine groups is 1. The van der Waals surface area contributed by atoms with Gasteiger partial charge in [0.2, 0.25) is 0 Å². The molecular weight excluding hydrogens is 378 g/mol. The Kier molecular flexibility index (Phi) is 6.95. The summed E-state index contributed by atoms with van der Waals surface area (Å²) in [5, 5.41) is 11.1. The number of ether oxygens (including phenoxy) is 2. The standard InChI is InChI=1S/C17H16ClN3O6/c1-11-8-12(18)2-7-15(11)27-10-17(23)20-19-16(22)9-26-14-5-3-13(4-6-14)21(24)25/h2-8H,9-10H2,1H3,(H,19,22)(H,20,23). The molecule has 2 aromatic rings. The Morgan fingerprint density at radius 2 is 1.63 bits per heavy atom. The predicted octanol–water partition coefficient (Wildman–Crippen LogP) is 2.16. The molecule has 2 rings (SSSR count). The van der Waals surface area contributed by atoms with E-state index in [9.17, 15) is 19.7 Å².